The highest BCUT2D eigenvalue weighted by molar-refractivity contribution is 5.79. The molecule has 0 unspecified atom stereocenters. The van der Waals surface area contributed by atoms with Crippen LogP contribution in [0.25, 0.3) is 0 Å². The Bertz CT molecular complexity index is 423. The maximum atomic E-state index is 10.4. The zero-order chi connectivity index (χ0) is 11.4. The molecule has 0 aliphatic carbocycles. The van der Waals surface area contributed by atoms with Gasteiger partial charge in [-0.1, -0.05) is 4.98 Å². The number of hydrazone groups is 1. The minimum Gasteiger partial charge on any atom is -0.390 e. The lowest BCUT2D eigenvalue weighted by Gasteiger charge is -1.94. The molecule has 1 rings (SSSR count). The van der Waals surface area contributed by atoms with E-state index < -0.39 is 11.0 Å². The van der Waals surface area contributed by atoms with Crippen molar-refractivity contribution in [1.82, 2.24) is 15.0 Å². The SMILES string of the molecule is Cn1c(C=NNC(N)=O)cnc1[N+](=O)[O-]. The fourth-order valence-corrected chi connectivity index (χ4v) is 0.864. The number of amides is 2. The second-order valence-corrected chi connectivity index (χ2v) is 2.53. The second-order valence-electron chi connectivity index (χ2n) is 2.53. The highest BCUT2D eigenvalue weighted by Gasteiger charge is 2.15. The van der Waals surface area contributed by atoms with Crippen LogP contribution in [0.3, 0.4) is 0 Å². The van der Waals surface area contributed by atoms with E-state index in [0.717, 1.165) is 0 Å². The maximum absolute atomic E-state index is 10.4. The number of hydrogen-bond donors (Lipinski definition) is 2. The van der Waals surface area contributed by atoms with Gasteiger partial charge in [-0.2, -0.15) is 5.10 Å². The highest BCUT2D eigenvalue weighted by Crippen LogP contribution is 2.08. The quantitative estimate of drug-likeness (QED) is 0.391. The number of nitrogens with one attached hydrogen (secondary N) is 1. The minimum absolute atomic E-state index is 0.310. The lowest BCUT2D eigenvalue weighted by Crippen LogP contribution is -2.24. The first-order chi connectivity index (χ1) is 7.02. The van der Waals surface area contributed by atoms with Gasteiger partial charge in [0.2, 0.25) is 0 Å². The van der Waals surface area contributed by atoms with Crippen LogP contribution in [0.2, 0.25) is 0 Å². The van der Waals surface area contributed by atoms with Crippen LogP contribution in [0.5, 0.6) is 0 Å². The second kappa shape index (κ2) is 4.17. The van der Waals surface area contributed by atoms with Crippen molar-refractivity contribution in [3.63, 3.8) is 0 Å². The number of primary amides is 1. The molecule has 1 aromatic heterocycles. The number of hydrogen-bond acceptors (Lipinski definition) is 5. The number of nitrogens with two attached hydrogens (primary N) is 1. The third-order valence-corrected chi connectivity index (χ3v) is 1.53. The molecule has 9 nitrogen and oxygen atoms in total. The average molecular weight is 212 g/mol. The summed E-state index contributed by atoms with van der Waals surface area (Å²) in [5.74, 6) is -0.310. The molecule has 0 saturated heterocycles. The monoisotopic (exact) mass is 212 g/mol. The average Bonchev–Trinajstić information content (AvgIpc) is 2.47. The summed E-state index contributed by atoms with van der Waals surface area (Å²) in [4.78, 5) is 23.6. The highest BCUT2D eigenvalue weighted by atomic mass is 16.6. The van der Waals surface area contributed by atoms with Crippen molar-refractivity contribution in [2.24, 2.45) is 17.9 Å². The van der Waals surface area contributed by atoms with Gasteiger partial charge in [0.1, 0.15) is 6.20 Å². The van der Waals surface area contributed by atoms with Gasteiger partial charge >= 0.3 is 12.0 Å². The van der Waals surface area contributed by atoms with Gasteiger partial charge in [0.05, 0.1) is 13.3 Å². The van der Waals surface area contributed by atoms with Crippen LogP contribution in [0.15, 0.2) is 11.3 Å². The Kier molecular flexibility index (Phi) is 2.96. The van der Waals surface area contributed by atoms with Gasteiger partial charge < -0.3 is 15.8 Å². The predicted molar refractivity (Wildman–Crippen MR) is 50.2 cm³/mol. The smallest absolute Gasteiger partial charge is 0.390 e. The van der Waals surface area contributed by atoms with E-state index in [1.807, 2.05) is 5.43 Å². The van der Waals surface area contributed by atoms with E-state index in [4.69, 9.17) is 5.73 Å². The standard InChI is InChI=1S/C6H8N6O3/c1-11-4(3-9-10-5(7)13)2-8-6(11)12(14)15/h2-3H,1H3,(H3,7,10,13). The van der Waals surface area contributed by atoms with Gasteiger partial charge in [-0.05, 0) is 4.92 Å². The van der Waals surface area contributed by atoms with E-state index in [1.165, 1.54) is 24.0 Å². The van der Waals surface area contributed by atoms with Crippen molar-refractivity contribution in [1.29, 1.82) is 0 Å². The number of rotatable bonds is 3. The third-order valence-electron chi connectivity index (χ3n) is 1.53. The first-order valence-corrected chi connectivity index (χ1v) is 3.77. The van der Waals surface area contributed by atoms with E-state index in [-0.39, 0.29) is 5.95 Å². The lowest BCUT2D eigenvalue weighted by molar-refractivity contribution is -0.396. The van der Waals surface area contributed by atoms with Gasteiger partial charge in [0.25, 0.3) is 0 Å². The zero-order valence-electron chi connectivity index (χ0n) is 7.75. The van der Waals surface area contributed by atoms with E-state index in [2.05, 4.69) is 10.1 Å². The van der Waals surface area contributed by atoms with Crippen LogP contribution in [-0.4, -0.2) is 26.7 Å². The molecule has 2 amide bonds. The van der Waals surface area contributed by atoms with Crippen molar-refractivity contribution in [3.8, 4) is 0 Å². The molecule has 15 heavy (non-hydrogen) atoms. The number of urea groups is 1. The van der Waals surface area contributed by atoms with Crippen LogP contribution >= 0.6 is 0 Å². The Hall–Kier alpha value is -2.45. The van der Waals surface area contributed by atoms with Crippen LogP contribution in [0.1, 0.15) is 5.69 Å². The number of carbonyl (C=O) groups is 1. The topological polar surface area (TPSA) is 128 Å². The Morgan fingerprint density at radius 2 is 2.53 bits per heavy atom. The Balaban J connectivity index is 2.83. The summed E-state index contributed by atoms with van der Waals surface area (Å²) in [6.45, 7) is 0. The van der Waals surface area contributed by atoms with Crippen molar-refractivity contribution >= 4 is 18.2 Å². The van der Waals surface area contributed by atoms with Crippen LogP contribution in [-0.2, 0) is 7.05 Å². The van der Waals surface area contributed by atoms with Crippen LogP contribution in [0, 0.1) is 10.1 Å². The van der Waals surface area contributed by atoms with Crippen LogP contribution in [0.4, 0.5) is 10.7 Å². The van der Waals surface area contributed by atoms with E-state index in [9.17, 15) is 14.9 Å². The number of imidazole rings is 1. The fraction of sp³-hybridized carbons (Fsp3) is 0.167. The van der Waals surface area contributed by atoms with Gasteiger partial charge in [0, 0.05) is 0 Å². The summed E-state index contributed by atoms with van der Waals surface area (Å²) in [6, 6.07) is -0.817. The summed E-state index contributed by atoms with van der Waals surface area (Å²) >= 11 is 0. The van der Waals surface area contributed by atoms with E-state index >= 15 is 0 Å². The van der Waals surface area contributed by atoms with E-state index in [1.54, 1.807) is 0 Å². The first kappa shape index (κ1) is 10.6. The van der Waals surface area contributed by atoms with Crippen molar-refractivity contribution in [2.45, 2.75) is 0 Å². The largest absolute Gasteiger partial charge is 0.434 e. The summed E-state index contributed by atoms with van der Waals surface area (Å²) in [5.41, 5.74) is 7.08. The molecule has 0 aliphatic heterocycles. The van der Waals surface area contributed by atoms with Crippen molar-refractivity contribution < 1.29 is 9.72 Å². The number of nitro groups is 1. The Labute approximate surface area is 83.7 Å². The molecule has 0 bridgehead atoms. The van der Waals surface area contributed by atoms with Gasteiger partial charge in [-0.25, -0.2) is 14.8 Å². The molecule has 0 aliphatic rings. The van der Waals surface area contributed by atoms with Gasteiger partial charge in [0.15, 0.2) is 5.69 Å². The lowest BCUT2D eigenvalue weighted by atomic mass is 10.5. The summed E-state index contributed by atoms with van der Waals surface area (Å²) < 4.78 is 1.21. The fourth-order valence-electron chi connectivity index (χ4n) is 0.864. The Morgan fingerprint density at radius 1 is 1.87 bits per heavy atom. The summed E-state index contributed by atoms with van der Waals surface area (Å²) in [5, 5.41) is 13.8. The molecular weight excluding hydrogens is 204 g/mol. The van der Waals surface area contributed by atoms with Crippen molar-refractivity contribution in [3.05, 3.63) is 22.0 Å². The van der Waals surface area contributed by atoms with Crippen molar-refractivity contribution in [2.75, 3.05) is 0 Å². The minimum atomic E-state index is -0.817. The predicted octanol–water partition coefficient (Wildman–Crippen LogP) is -0.669. The molecule has 9 heteroatoms. The number of aromatic nitrogens is 2. The van der Waals surface area contributed by atoms with E-state index in [0.29, 0.717) is 5.69 Å². The zero-order valence-corrected chi connectivity index (χ0v) is 7.75. The third kappa shape index (κ3) is 2.49. The van der Waals surface area contributed by atoms with Gasteiger partial charge in [-0.3, -0.25) is 0 Å². The number of nitrogens with zero attached hydrogens (tertiary/aromatic N) is 4. The molecule has 0 spiro atoms. The molecule has 3 N–H and O–H groups in total. The molecule has 0 fully saturated rings. The first-order valence-electron chi connectivity index (χ1n) is 3.77. The molecule has 0 aromatic carbocycles. The normalized spacial score (nSPS) is 10.5. The molecule has 0 radical (unpaired) electrons. The maximum Gasteiger partial charge on any atom is 0.434 e. The molecule has 1 aromatic rings. The summed E-state index contributed by atoms with van der Waals surface area (Å²) in [7, 11) is 1.46. The summed E-state index contributed by atoms with van der Waals surface area (Å²) in [6.07, 6.45) is 2.45. The van der Waals surface area contributed by atoms with Gasteiger partial charge in [-0.15, -0.1) is 0 Å². The molecular formula is C6H8N6O3. The molecule has 0 saturated carbocycles. The molecule has 1 heterocycles. The van der Waals surface area contributed by atoms with Crippen LogP contribution < -0.4 is 11.2 Å². The number of carbonyl (C=O) groups excluding carboxylic acids is 1. The molecule has 0 atom stereocenters. The molecule has 80 valence electrons. The Morgan fingerprint density at radius 3 is 3.00 bits per heavy atom.